The summed E-state index contributed by atoms with van der Waals surface area (Å²) in [4.78, 5) is 30.1. The summed E-state index contributed by atoms with van der Waals surface area (Å²) in [5.41, 5.74) is 1.17. The summed E-state index contributed by atoms with van der Waals surface area (Å²) in [5, 5.41) is 3.85. The van der Waals surface area contributed by atoms with E-state index < -0.39 is 0 Å². The van der Waals surface area contributed by atoms with Crippen molar-refractivity contribution in [1.29, 1.82) is 0 Å². The topological polar surface area (TPSA) is 73.2 Å². The number of rotatable bonds is 8. The highest BCUT2D eigenvalue weighted by Crippen LogP contribution is 2.21. The van der Waals surface area contributed by atoms with Crippen LogP contribution in [0.1, 0.15) is 0 Å². The molecule has 3 aromatic carbocycles. The van der Waals surface area contributed by atoms with Gasteiger partial charge in [-0.15, -0.1) is 0 Å². The standard InChI is InChI=1S/C24H21N3O3S/c28-22(25-15-16-30-19-11-5-2-6-12-19)17-31-24-26-21-14-8-7-13-20(21)23(29)27(24)18-9-3-1-4-10-18/h1-14H,15-17H2,(H,25,28). The van der Waals surface area contributed by atoms with Crippen LogP contribution in [0.4, 0.5) is 0 Å². The Bertz CT molecular complexity index is 1230. The van der Waals surface area contributed by atoms with Gasteiger partial charge in [-0.2, -0.15) is 0 Å². The van der Waals surface area contributed by atoms with Crippen molar-refractivity contribution in [2.24, 2.45) is 0 Å². The summed E-state index contributed by atoms with van der Waals surface area (Å²) in [6.07, 6.45) is 0. The molecule has 156 valence electrons. The lowest BCUT2D eigenvalue weighted by Crippen LogP contribution is -2.30. The predicted octanol–water partition coefficient (Wildman–Crippen LogP) is 3.67. The highest BCUT2D eigenvalue weighted by Gasteiger charge is 2.14. The number of amides is 1. The molecule has 0 saturated heterocycles. The smallest absolute Gasteiger partial charge is 0.266 e. The first kappa shape index (κ1) is 20.7. The van der Waals surface area contributed by atoms with Crippen molar-refractivity contribution in [3.05, 3.63) is 95.3 Å². The second-order valence-corrected chi connectivity index (χ2v) is 7.63. The highest BCUT2D eigenvalue weighted by atomic mass is 32.2. The normalized spacial score (nSPS) is 10.7. The van der Waals surface area contributed by atoms with Crippen molar-refractivity contribution < 1.29 is 9.53 Å². The van der Waals surface area contributed by atoms with Crippen molar-refractivity contribution in [3.8, 4) is 11.4 Å². The van der Waals surface area contributed by atoms with E-state index >= 15 is 0 Å². The predicted molar refractivity (Wildman–Crippen MR) is 123 cm³/mol. The maximum Gasteiger partial charge on any atom is 0.266 e. The van der Waals surface area contributed by atoms with Gasteiger partial charge >= 0.3 is 0 Å². The molecule has 0 aliphatic carbocycles. The van der Waals surface area contributed by atoms with Crippen LogP contribution in [0.25, 0.3) is 16.6 Å². The molecule has 0 fully saturated rings. The Labute approximate surface area is 183 Å². The molecule has 1 N–H and O–H groups in total. The molecule has 7 heteroatoms. The molecule has 1 heterocycles. The van der Waals surface area contributed by atoms with Crippen molar-refractivity contribution >= 4 is 28.6 Å². The van der Waals surface area contributed by atoms with Gasteiger partial charge in [-0.25, -0.2) is 4.98 Å². The number of carbonyl (C=O) groups excluding carboxylic acids is 1. The zero-order chi connectivity index (χ0) is 21.5. The van der Waals surface area contributed by atoms with E-state index in [1.165, 1.54) is 11.8 Å². The fourth-order valence-electron chi connectivity index (χ4n) is 3.07. The third-order valence-corrected chi connectivity index (χ3v) is 5.47. The van der Waals surface area contributed by atoms with E-state index in [-0.39, 0.29) is 17.2 Å². The van der Waals surface area contributed by atoms with E-state index in [4.69, 9.17) is 4.74 Å². The van der Waals surface area contributed by atoms with Gasteiger partial charge in [0.05, 0.1) is 28.9 Å². The van der Waals surface area contributed by atoms with Crippen LogP contribution in [0.5, 0.6) is 5.75 Å². The Hall–Kier alpha value is -3.58. The fourth-order valence-corrected chi connectivity index (χ4v) is 3.91. The molecule has 0 unspecified atom stereocenters. The molecule has 0 atom stereocenters. The zero-order valence-corrected chi connectivity index (χ0v) is 17.5. The van der Waals surface area contributed by atoms with Gasteiger partial charge in [-0.1, -0.05) is 60.3 Å². The van der Waals surface area contributed by atoms with E-state index in [0.717, 1.165) is 5.75 Å². The summed E-state index contributed by atoms with van der Waals surface area (Å²) in [7, 11) is 0. The lowest BCUT2D eigenvalue weighted by atomic mass is 10.2. The van der Waals surface area contributed by atoms with E-state index in [2.05, 4.69) is 10.3 Å². The van der Waals surface area contributed by atoms with Crippen LogP contribution in [0.15, 0.2) is 94.9 Å². The molecule has 0 spiro atoms. The summed E-state index contributed by atoms with van der Waals surface area (Å²) >= 11 is 1.23. The molecular formula is C24H21N3O3S. The molecule has 4 rings (SSSR count). The lowest BCUT2D eigenvalue weighted by Gasteiger charge is -2.13. The van der Waals surface area contributed by atoms with Crippen LogP contribution < -0.4 is 15.6 Å². The molecule has 0 radical (unpaired) electrons. The monoisotopic (exact) mass is 431 g/mol. The van der Waals surface area contributed by atoms with E-state index in [0.29, 0.717) is 34.9 Å². The minimum Gasteiger partial charge on any atom is -0.492 e. The molecule has 1 aromatic heterocycles. The van der Waals surface area contributed by atoms with Crippen LogP contribution in [0.2, 0.25) is 0 Å². The number of nitrogens with one attached hydrogen (secondary N) is 1. The molecule has 31 heavy (non-hydrogen) atoms. The maximum absolute atomic E-state index is 13.1. The van der Waals surface area contributed by atoms with E-state index in [1.54, 1.807) is 16.7 Å². The molecule has 0 bridgehead atoms. The van der Waals surface area contributed by atoms with Crippen LogP contribution in [0.3, 0.4) is 0 Å². The Kier molecular flexibility index (Phi) is 6.64. The average molecular weight is 432 g/mol. The minimum absolute atomic E-state index is 0.142. The van der Waals surface area contributed by atoms with Gasteiger partial charge in [-0.05, 0) is 36.4 Å². The first-order chi connectivity index (χ1) is 15.2. The average Bonchev–Trinajstić information content (AvgIpc) is 2.82. The van der Waals surface area contributed by atoms with Gasteiger partial charge in [-0.3, -0.25) is 14.2 Å². The summed E-state index contributed by atoms with van der Waals surface area (Å²) in [5.74, 6) is 0.755. The Balaban J connectivity index is 1.45. The van der Waals surface area contributed by atoms with E-state index in [1.807, 2.05) is 72.8 Å². The van der Waals surface area contributed by atoms with Crippen LogP contribution in [-0.4, -0.2) is 34.4 Å². The third kappa shape index (κ3) is 5.13. The van der Waals surface area contributed by atoms with E-state index in [9.17, 15) is 9.59 Å². The zero-order valence-electron chi connectivity index (χ0n) is 16.7. The van der Waals surface area contributed by atoms with Crippen molar-refractivity contribution in [3.63, 3.8) is 0 Å². The van der Waals surface area contributed by atoms with Gasteiger partial charge in [0, 0.05) is 0 Å². The number of aromatic nitrogens is 2. The summed E-state index contributed by atoms with van der Waals surface area (Å²) in [6, 6.07) is 26.0. The second kappa shape index (κ2) is 9.95. The van der Waals surface area contributed by atoms with Gasteiger partial charge in [0.25, 0.3) is 5.56 Å². The maximum atomic E-state index is 13.1. The van der Waals surface area contributed by atoms with Gasteiger partial charge in [0.2, 0.25) is 5.91 Å². The van der Waals surface area contributed by atoms with Crippen LogP contribution >= 0.6 is 11.8 Å². The largest absolute Gasteiger partial charge is 0.492 e. The summed E-state index contributed by atoms with van der Waals surface area (Å²) < 4.78 is 7.14. The van der Waals surface area contributed by atoms with Gasteiger partial charge in [0.1, 0.15) is 12.4 Å². The van der Waals surface area contributed by atoms with Crippen molar-refractivity contribution in [2.45, 2.75) is 5.16 Å². The number of ether oxygens (including phenoxy) is 1. The molecule has 0 saturated carbocycles. The number of para-hydroxylation sites is 3. The number of hydrogen-bond donors (Lipinski definition) is 1. The second-order valence-electron chi connectivity index (χ2n) is 6.69. The first-order valence-electron chi connectivity index (χ1n) is 9.87. The van der Waals surface area contributed by atoms with Crippen molar-refractivity contribution in [1.82, 2.24) is 14.9 Å². The number of hydrogen-bond acceptors (Lipinski definition) is 5. The Morgan fingerprint density at radius 2 is 1.61 bits per heavy atom. The third-order valence-electron chi connectivity index (χ3n) is 4.53. The quantitative estimate of drug-likeness (QED) is 0.262. The molecule has 1 amide bonds. The van der Waals surface area contributed by atoms with Gasteiger partial charge < -0.3 is 10.1 Å². The minimum atomic E-state index is -0.157. The lowest BCUT2D eigenvalue weighted by molar-refractivity contribution is -0.118. The molecule has 0 aliphatic heterocycles. The molecule has 0 aliphatic rings. The fraction of sp³-hybridized carbons (Fsp3) is 0.125. The number of thioether (sulfide) groups is 1. The number of nitrogens with zero attached hydrogens (tertiary/aromatic N) is 2. The van der Waals surface area contributed by atoms with Gasteiger partial charge in [0.15, 0.2) is 5.16 Å². The number of carbonyl (C=O) groups is 1. The highest BCUT2D eigenvalue weighted by molar-refractivity contribution is 7.99. The SMILES string of the molecule is O=C(CSc1nc2ccccc2c(=O)n1-c1ccccc1)NCCOc1ccccc1. The Morgan fingerprint density at radius 3 is 2.39 bits per heavy atom. The number of fused-ring (bicyclic) bond motifs is 1. The Morgan fingerprint density at radius 1 is 0.935 bits per heavy atom. The summed E-state index contributed by atoms with van der Waals surface area (Å²) in [6.45, 7) is 0.772. The molecule has 6 nitrogen and oxygen atoms in total. The molecular weight excluding hydrogens is 410 g/mol. The molecule has 4 aromatic rings. The van der Waals surface area contributed by atoms with Crippen LogP contribution in [-0.2, 0) is 4.79 Å². The van der Waals surface area contributed by atoms with Crippen LogP contribution in [0, 0.1) is 0 Å². The number of benzene rings is 3. The van der Waals surface area contributed by atoms with Crippen molar-refractivity contribution in [2.75, 3.05) is 18.9 Å². The first-order valence-corrected chi connectivity index (χ1v) is 10.9.